The van der Waals surface area contributed by atoms with Crippen molar-refractivity contribution in [2.45, 2.75) is 12.8 Å². The predicted octanol–water partition coefficient (Wildman–Crippen LogP) is 3.09. The molecule has 2 aromatic carbocycles. The lowest BCUT2D eigenvalue weighted by Gasteiger charge is -2.14. The molecule has 0 unspecified atom stereocenters. The molecule has 0 fully saturated rings. The van der Waals surface area contributed by atoms with E-state index in [4.69, 9.17) is 5.73 Å². The van der Waals surface area contributed by atoms with E-state index in [-0.39, 0.29) is 5.75 Å². The van der Waals surface area contributed by atoms with Gasteiger partial charge in [-0.2, -0.15) is 0 Å². The Morgan fingerprint density at radius 2 is 2.06 bits per heavy atom. The van der Waals surface area contributed by atoms with Gasteiger partial charge in [-0.25, -0.2) is 0 Å². The first-order chi connectivity index (χ1) is 7.75. The molecular formula is C14H13NO. The molecule has 0 amide bonds. The summed E-state index contributed by atoms with van der Waals surface area (Å²) < 4.78 is 0. The lowest BCUT2D eigenvalue weighted by atomic mass is 9.92. The topological polar surface area (TPSA) is 46.2 Å². The summed E-state index contributed by atoms with van der Waals surface area (Å²) in [6, 6.07) is 7.81. The smallest absolute Gasteiger partial charge is 0.139 e. The Labute approximate surface area is 94.0 Å². The molecule has 2 nitrogen and oxygen atoms in total. The van der Waals surface area contributed by atoms with Crippen LogP contribution in [0.2, 0.25) is 0 Å². The predicted molar refractivity (Wildman–Crippen MR) is 67.4 cm³/mol. The third-order valence-electron chi connectivity index (χ3n) is 3.16. The Balaban J connectivity index is 2.40. The van der Waals surface area contributed by atoms with Gasteiger partial charge < -0.3 is 10.8 Å². The van der Waals surface area contributed by atoms with Gasteiger partial charge in [0, 0.05) is 0 Å². The highest BCUT2D eigenvalue weighted by Gasteiger charge is 2.10. The van der Waals surface area contributed by atoms with Crippen LogP contribution in [0.5, 0.6) is 5.75 Å². The van der Waals surface area contributed by atoms with Crippen LogP contribution in [0.25, 0.3) is 16.8 Å². The number of anilines is 1. The molecule has 0 bridgehead atoms. The van der Waals surface area contributed by atoms with E-state index in [2.05, 4.69) is 24.3 Å². The van der Waals surface area contributed by atoms with E-state index >= 15 is 0 Å². The van der Waals surface area contributed by atoms with E-state index in [9.17, 15) is 5.11 Å². The van der Waals surface area contributed by atoms with Crippen LogP contribution in [0, 0.1) is 0 Å². The van der Waals surface area contributed by atoms with Crippen LogP contribution < -0.4 is 5.73 Å². The average Bonchev–Trinajstić information content (AvgIpc) is 2.31. The highest BCUT2D eigenvalue weighted by molar-refractivity contribution is 5.95. The molecule has 3 N–H and O–H groups in total. The monoisotopic (exact) mass is 211 g/mol. The van der Waals surface area contributed by atoms with E-state index in [1.165, 1.54) is 11.1 Å². The van der Waals surface area contributed by atoms with Gasteiger partial charge in [-0.15, -0.1) is 0 Å². The number of aromatic hydroxyl groups is 1. The number of hydrogen-bond acceptors (Lipinski definition) is 2. The van der Waals surface area contributed by atoms with Gasteiger partial charge in [0.25, 0.3) is 0 Å². The molecule has 0 aliphatic heterocycles. The van der Waals surface area contributed by atoms with Crippen LogP contribution >= 0.6 is 0 Å². The van der Waals surface area contributed by atoms with E-state index in [1.807, 2.05) is 6.07 Å². The Morgan fingerprint density at radius 3 is 2.94 bits per heavy atom. The number of nitrogens with two attached hydrogens (primary N) is 1. The molecule has 0 saturated heterocycles. The first-order valence-corrected chi connectivity index (χ1v) is 5.46. The highest BCUT2D eigenvalue weighted by Crippen LogP contribution is 2.33. The van der Waals surface area contributed by atoms with E-state index < -0.39 is 0 Å². The van der Waals surface area contributed by atoms with Gasteiger partial charge in [-0.1, -0.05) is 24.3 Å². The zero-order valence-corrected chi connectivity index (χ0v) is 8.90. The lowest BCUT2D eigenvalue weighted by molar-refractivity contribution is 0.479. The summed E-state index contributed by atoms with van der Waals surface area (Å²) in [5.41, 5.74) is 8.70. The highest BCUT2D eigenvalue weighted by atomic mass is 16.3. The summed E-state index contributed by atoms with van der Waals surface area (Å²) in [6.07, 6.45) is 6.48. The van der Waals surface area contributed by atoms with Crippen LogP contribution in [0.4, 0.5) is 5.69 Å². The number of fused-ring (bicyclic) bond motifs is 3. The summed E-state index contributed by atoms with van der Waals surface area (Å²) in [7, 11) is 0. The summed E-state index contributed by atoms with van der Waals surface area (Å²) >= 11 is 0. The second kappa shape index (κ2) is 3.27. The molecule has 0 radical (unpaired) electrons. The number of nitrogen functional groups attached to an aromatic ring is 1. The maximum atomic E-state index is 9.67. The third-order valence-corrected chi connectivity index (χ3v) is 3.16. The molecule has 0 saturated carbocycles. The number of benzene rings is 2. The maximum absolute atomic E-state index is 9.67. The van der Waals surface area contributed by atoms with Crippen molar-refractivity contribution in [2.75, 3.05) is 5.73 Å². The van der Waals surface area contributed by atoms with Crippen molar-refractivity contribution in [3.8, 4) is 5.75 Å². The van der Waals surface area contributed by atoms with Gasteiger partial charge in [0.15, 0.2) is 0 Å². The number of phenolic OH excluding ortho intramolecular Hbond substituents is 1. The molecule has 0 heterocycles. The van der Waals surface area contributed by atoms with Crippen molar-refractivity contribution in [1.82, 2.24) is 0 Å². The fraction of sp³-hybridized carbons (Fsp3) is 0.143. The first-order valence-electron chi connectivity index (χ1n) is 5.46. The lowest BCUT2D eigenvalue weighted by Crippen LogP contribution is -1.95. The largest absolute Gasteiger partial charge is 0.506 e. The van der Waals surface area contributed by atoms with Gasteiger partial charge in [0.1, 0.15) is 5.75 Å². The van der Waals surface area contributed by atoms with Crippen LogP contribution in [0.1, 0.15) is 17.5 Å². The fourth-order valence-electron chi connectivity index (χ4n) is 2.30. The maximum Gasteiger partial charge on any atom is 0.139 e. The molecule has 0 atom stereocenters. The van der Waals surface area contributed by atoms with Gasteiger partial charge in [0.05, 0.1) is 5.69 Å². The summed E-state index contributed by atoms with van der Waals surface area (Å²) in [4.78, 5) is 0. The molecule has 16 heavy (non-hydrogen) atoms. The van der Waals surface area contributed by atoms with Gasteiger partial charge in [-0.05, 0) is 46.9 Å². The van der Waals surface area contributed by atoms with Gasteiger partial charge >= 0.3 is 0 Å². The zero-order chi connectivity index (χ0) is 11.1. The van der Waals surface area contributed by atoms with Crippen LogP contribution in [0.15, 0.2) is 30.3 Å². The van der Waals surface area contributed by atoms with Crippen molar-refractivity contribution < 1.29 is 5.11 Å². The normalized spacial score (nSPS) is 14.0. The van der Waals surface area contributed by atoms with Crippen molar-refractivity contribution in [2.24, 2.45) is 0 Å². The van der Waals surface area contributed by atoms with Crippen molar-refractivity contribution in [3.63, 3.8) is 0 Å². The number of rotatable bonds is 0. The van der Waals surface area contributed by atoms with E-state index in [0.717, 1.165) is 23.6 Å². The van der Waals surface area contributed by atoms with E-state index in [0.29, 0.717) is 5.69 Å². The van der Waals surface area contributed by atoms with Gasteiger partial charge in [-0.3, -0.25) is 0 Å². The number of aryl methyl sites for hydroxylation is 1. The van der Waals surface area contributed by atoms with Crippen molar-refractivity contribution in [3.05, 3.63) is 41.5 Å². The third kappa shape index (κ3) is 1.27. The standard InChI is InChI=1S/C14H13NO/c15-13-7-10-6-5-9-3-1-2-4-11(9)12(10)8-14(13)16/h2,4-8,16H,1,3,15H2. The SMILES string of the molecule is Nc1cc2ccc3c(c2cc1O)C=CCC3. The van der Waals surface area contributed by atoms with Gasteiger partial charge in [0.2, 0.25) is 0 Å². The molecule has 2 heteroatoms. The summed E-state index contributed by atoms with van der Waals surface area (Å²) in [6.45, 7) is 0. The van der Waals surface area contributed by atoms with E-state index in [1.54, 1.807) is 6.07 Å². The quantitative estimate of drug-likeness (QED) is 0.519. The van der Waals surface area contributed by atoms with Crippen LogP contribution in [0.3, 0.4) is 0 Å². The number of allylic oxidation sites excluding steroid dienone is 1. The Morgan fingerprint density at radius 1 is 1.19 bits per heavy atom. The minimum absolute atomic E-state index is 0.167. The number of phenols is 1. The molecular weight excluding hydrogens is 198 g/mol. The molecule has 0 aromatic heterocycles. The summed E-state index contributed by atoms with van der Waals surface area (Å²) in [5.74, 6) is 0.167. The Kier molecular flexibility index (Phi) is 1.90. The minimum atomic E-state index is 0.167. The molecule has 3 rings (SSSR count). The molecule has 2 aromatic rings. The Bertz CT molecular complexity index is 599. The first kappa shape index (κ1) is 9.28. The Hall–Kier alpha value is -1.96. The van der Waals surface area contributed by atoms with Crippen molar-refractivity contribution in [1.29, 1.82) is 0 Å². The second-order valence-electron chi connectivity index (χ2n) is 4.21. The average molecular weight is 211 g/mol. The second-order valence-corrected chi connectivity index (χ2v) is 4.21. The summed E-state index contributed by atoms with van der Waals surface area (Å²) in [5, 5.41) is 11.8. The minimum Gasteiger partial charge on any atom is -0.506 e. The zero-order valence-electron chi connectivity index (χ0n) is 8.90. The molecule has 80 valence electrons. The molecule has 1 aliphatic rings. The van der Waals surface area contributed by atoms with Crippen LogP contribution in [-0.4, -0.2) is 5.11 Å². The molecule has 1 aliphatic carbocycles. The number of hydrogen-bond donors (Lipinski definition) is 2. The molecule has 0 spiro atoms. The fourth-order valence-corrected chi connectivity index (χ4v) is 2.30. The van der Waals surface area contributed by atoms with Crippen LogP contribution in [-0.2, 0) is 6.42 Å². The van der Waals surface area contributed by atoms with Crippen molar-refractivity contribution >= 4 is 22.5 Å².